The van der Waals surface area contributed by atoms with Gasteiger partial charge in [-0.2, -0.15) is 5.10 Å². The Morgan fingerprint density at radius 2 is 1.74 bits per heavy atom. The van der Waals surface area contributed by atoms with Crippen molar-refractivity contribution in [2.24, 2.45) is 0 Å². The molecule has 0 saturated carbocycles. The van der Waals surface area contributed by atoms with Gasteiger partial charge in [0.05, 0.1) is 27.9 Å². The Hall–Kier alpha value is -3.16. The average Bonchev–Trinajstić information content (AvgIpc) is 3.23. The smallest absolute Gasteiger partial charge is 0.255 e. The number of anilines is 1. The van der Waals surface area contributed by atoms with Gasteiger partial charge in [-0.1, -0.05) is 41.4 Å². The molecule has 0 atom stereocenters. The molecule has 0 N–H and O–H groups in total. The van der Waals surface area contributed by atoms with Crippen LogP contribution in [0.25, 0.3) is 16.7 Å². The maximum Gasteiger partial charge on any atom is 0.255 e. The summed E-state index contributed by atoms with van der Waals surface area (Å²) in [6, 6.07) is 14.6. The summed E-state index contributed by atoms with van der Waals surface area (Å²) in [6.45, 7) is 2.48. The van der Waals surface area contributed by atoms with Gasteiger partial charge in [0.2, 0.25) is 0 Å². The highest BCUT2D eigenvalue weighted by molar-refractivity contribution is 6.33. The summed E-state index contributed by atoms with van der Waals surface area (Å²) < 4.78 is 1.75. The lowest BCUT2D eigenvalue weighted by Crippen LogP contribution is -2.49. The highest BCUT2D eigenvalue weighted by Crippen LogP contribution is 2.27. The number of amides is 1. The Morgan fingerprint density at radius 3 is 2.52 bits per heavy atom. The normalized spacial score (nSPS) is 14.3. The number of aromatic nitrogens is 4. The number of benzene rings is 2. The molecular formula is C22H18Cl2N6O. The van der Waals surface area contributed by atoms with Gasteiger partial charge in [0.1, 0.15) is 12.1 Å². The number of hydrogen-bond donors (Lipinski definition) is 0. The summed E-state index contributed by atoms with van der Waals surface area (Å²) in [5.41, 5.74) is 2.08. The van der Waals surface area contributed by atoms with Crippen LogP contribution in [0, 0.1) is 0 Å². The fourth-order valence-corrected chi connectivity index (χ4v) is 4.21. The van der Waals surface area contributed by atoms with Crippen molar-refractivity contribution in [3.63, 3.8) is 0 Å². The van der Waals surface area contributed by atoms with Crippen LogP contribution in [0.5, 0.6) is 0 Å². The van der Waals surface area contributed by atoms with Crippen LogP contribution in [0.2, 0.25) is 10.0 Å². The molecule has 1 aliphatic rings. The van der Waals surface area contributed by atoms with Gasteiger partial charge < -0.3 is 9.80 Å². The maximum absolute atomic E-state index is 12.8. The van der Waals surface area contributed by atoms with Crippen molar-refractivity contribution < 1.29 is 4.79 Å². The molecule has 0 spiro atoms. The third kappa shape index (κ3) is 3.71. The Labute approximate surface area is 188 Å². The van der Waals surface area contributed by atoms with Crippen LogP contribution < -0.4 is 4.90 Å². The summed E-state index contributed by atoms with van der Waals surface area (Å²) in [7, 11) is 0. The minimum Gasteiger partial charge on any atom is -0.352 e. The molecule has 9 heteroatoms. The Kier molecular flexibility index (Phi) is 5.21. The van der Waals surface area contributed by atoms with Gasteiger partial charge in [0.25, 0.3) is 5.91 Å². The molecule has 0 bridgehead atoms. The van der Waals surface area contributed by atoms with E-state index in [1.165, 1.54) is 0 Å². The first-order valence-corrected chi connectivity index (χ1v) is 10.6. The third-order valence-corrected chi connectivity index (χ3v) is 5.93. The number of carbonyl (C=O) groups excluding carboxylic acids is 1. The lowest BCUT2D eigenvalue weighted by atomic mass is 10.1. The molecule has 1 amide bonds. The van der Waals surface area contributed by atoms with Crippen molar-refractivity contribution in [3.05, 3.63) is 76.7 Å². The maximum atomic E-state index is 12.8. The predicted molar refractivity (Wildman–Crippen MR) is 121 cm³/mol. The van der Waals surface area contributed by atoms with Gasteiger partial charge in [-0.05, 0) is 30.3 Å². The predicted octanol–water partition coefficient (Wildman–Crippen LogP) is 4.08. The quantitative estimate of drug-likeness (QED) is 0.468. The van der Waals surface area contributed by atoms with Gasteiger partial charge in [-0.3, -0.25) is 4.79 Å². The molecule has 1 saturated heterocycles. The van der Waals surface area contributed by atoms with E-state index < -0.39 is 0 Å². The summed E-state index contributed by atoms with van der Waals surface area (Å²) >= 11 is 12.3. The first-order chi connectivity index (χ1) is 15.1. The van der Waals surface area contributed by atoms with Crippen LogP contribution in [0.4, 0.5) is 5.82 Å². The molecule has 1 aliphatic heterocycles. The molecular weight excluding hydrogens is 435 g/mol. The molecule has 156 valence electrons. The number of nitrogens with zero attached hydrogens (tertiary/aromatic N) is 6. The molecule has 0 unspecified atom stereocenters. The SMILES string of the molecule is O=C(c1ccccc1Cl)N1CCN(c2ncnc3c2cnn3-c2cccc(Cl)c2)CC1. The molecule has 7 nitrogen and oxygen atoms in total. The summed E-state index contributed by atoms with van der Waals surface area (Å²) in [4.78, 5) is 25.8. The van der Waals surface area contributed by atoms with Crippen LogP contribution in [0.15, 0.2) is 61.1 Å². The van der Waals surface area contributed by atoms with Gasteiger partial charge in [-0.25, -0.2) is 14.6 Å². The first kappa shape index (κ1) is 19.8. The zero-order valence-corrected chi connectivity index (χ0v) is 18.0. The van der Waals surface area contributed by atoms with Gasteiger partial charge in [0, 0.05) is 31.2 Å². The second-order valence-electron chi connectivity index (χ2n) is 7.23. The molecule has 0 radical (unpaired) electrons. The molecule has 4 aromatic rings. The van der Waals surface area contributed by atoms with Crippen molar-refractivity contribution in [2.45, 2.75) is 0 Å². The van der Waals surface area contributed by atoms with Crippen molar-refractivity contribution in [2.75, 3.05) is 31.1 Å². The number of carbonyl (C=O) groups is 1. The second kappa shape index (κ2) is 8.17. The average molecular weight is 453 g/mol. The van der Waals surface area contributed by atoms with Crippen molar-refractivity contribution in [1.82, 2.24) is 24.6 Å². The van der Waals surface area contributed by atoms with Crippen LogP contribution in [-0.4, -0.2) is 56.7 Å². The monoisotopic (exact) mass is 452 g/mol. The highest BCUT2D eigenvalue weighted by atomic mass is 35.5. The fraction of sp³-hybridized carbons (Fsp3) is 0.182. The number of hydrogen-bond acceptors (Lipinski definition) is 5. The van der Waals surface area contributed by atoms with Crippen molar-refractivity contribution in [3.8, 4) is 5.69 Å². The van der Waals surface area contributed by atoms with Gasteiger partial charge >= 0.3 is 0 Å². The van der Waals surface area contributed by atoms with E-state index in [9.17, 15) is 4.79 Å². The zero-order chi connectivity index (χ0) is 21.4. The lowest BCUT2D eigenvalue weighted by Gasteiger charge is -2.35. The molecule has 1 fully saturated rings. The van der Waals surface area contributed by atoms with Gasteiger partial charge in [0.15, 0.2) is 5.65 Å². The Bertz CT molecular complexity index is 1270. The minimum absolute atomic E-state index is 0.0492. The molecule has 31 heavy (non-hydrogen) atoms. The molecule has 3 heterocycles. The van der Waals surface area contributed by atoms with E-state index >= 15 is 0 Å². The number of fused-ring (bicyclic) bond motifs is 1. The topological polar surface area (TPSA) is 67.2 Å². The fourth-order valence-electron chi connectivity index (χ4n) is 3.81. The van der Waals surface area contributed by atoms with Crippen molar-refractivity contribution >= 4 is 46.0 Å². The van der Waals surface area contributed by atoms with E-state index in [1.54, 1.807) is 29.3 Å². The van der Waals surface area contributed by atoms with E-state index in [-0.39, 0.29) is 5.91 Å². The van der Waals surface area contributed by atoms with Crippen LogP contribution >= 0.6 is 23.2 Å². The largest absolute Gasteiger partial charge is 0.352 e. The zero-order valence-electron chi connectivity index (χ0n) is 16.4. The second-order valence-corrected chi connectivity index (χ2v) is 8.07. The summed E-state index contributed by atoms with van der Waals surface area (Å²) in [5.74, 6) is 0.759. The van der Waals surface area contributed by atoms with Crippen molar-refractivity contribution in [1.29, 1.82) is 0 Å². The van der Waals surface area contributed by atoms with E-state index in [4.69, 9.17) is 23.2 Å². The standard InChI is InChI=1S/C22H18Cl2N6O/c23-15-4-3-5-16(12-15)30-21-18(13-27-30)20(25-14-26-21)28-8-10-29(11-9-28)22(31)17-6-1-2-7-19(17)24/h1-7,12-14H,8-11H2. The minimum atomic E-state index is -0.0492. The lowest BCUT2D eigenvalue weighted by molar-refractivity contribution is 0.0747. The van der Waals surface area contributed by atoms with Gasteiger partial charge in [-0.15, -0.1) is 0 Å². The van der Waals surface area contributed by atoms with E-state index in [0.29, 0.717) is 47.4 Å². The highest BCUT2D eigenvalue weighted by Gasteiger charge is 2.25. The summed E-state index contributed by atoms with van der Waals surface area (Å²) in [5, 5.41) is 6.47. The van der Waals surface area contributed by atoms with Crippen LogP contribution in [-0.2, 0) is 0 Å². The molecule has 2 aromatic heterocycles. The van der Waals surface area contributed by atoms with E-state index in [1.807, 2.05) is 41.3 Å². The number of rotatable bonds is 3. The number of halogens is 2. The first-order valence-electron chi connectivity index (χ1n) is 9.85. The van der Waals surface area contributed by atoms with E-state index in [0.717, 1.165) is 16.9 Å². The molecule has 5 rings (SSSR count). The third-order valence-electron chi connectivity index (χ3n) is 5.37. The number of piperazine rings is 1. The molecule has 0 aliphatic carbocycles. The Balaban J connectivity index is 1.38. The molecule has 2 aromatic carbocycles. The summed E-state index contributed by atoms with van der Waals surface area (Å²) in [6.07, 6.45) is 3.31. The van der Waals surface area contributed by atoms with Crippen LogP contribution in [0.1, 0.15) is 10.4 Å². The Morgan fingerprint density at radius 1 is 0.935 bits per heavy atom. The van der Waals surface area contributed by atoms with E-state index in [2.05, 4.69) is 20.0 Å². The van der Waals surface area contributed by atoms with Crippen LogP contribution in [0.3, 0.4) is 0 Å².